The summed E-state index contributed by atoms with van der Waals surface area (Å²) in [6.45, 7) is 7.22. The molecule has 0 unspecified atom stereocenters. The number of anilines is 1. The van der Waals surface area contributed by atoms with Crippen molar-refractivity contribution >= 4 is 28.7 Å². The van der Waals surface area contributed by atoms with Crippen molar-refractivity contribution in [2.75, 3.05) is 5.32 Å². The quantitative estimate of drug-likeness (QED) is 0.646. The summed E-state index contributed by atoms with van der Waals surface area (Å²) in [6, 6.07) is 16.0. The maximum Gasteiger partial charge on any atom is 0.412 e. The SMILES string of the molecule is C[C@@H](NC(=O)c1cccc(NC(=O)OC(C)(C)C)c1)c1cc2ccccc2o1. The van der Waals surface area contributed by atoms with Crippen molar-refractivity contribution in [3.05, 3.63) is 65.9 Å². The smallest absolute Gasteiger partial charge is 0.412 e. The number of carbonyl (C=O) groups is 2. The molecule has 146 valence electrons. The lowest BCUT2D eigenvalue weighted by Gasteiger charge is -2.19. The van der Waals surface area contributed by atoms with E-state index in [1.54, 1.807) is 45.0 Å². The average Bonchev–Trinajstić information content (AvgIpc) is 3.04. The molecule has 0 fully saturated rings. The van der Waals surface area contributed by atoms with E-state index in [9.17, 15) is 9.59 Å². The molecule has 2 N–H and O–H groups in total. The molecule has 3 aromatic rings. The lowest BCUT2D eigenvalue weighted by atomic mass is 10.1. The fraction of sp³-hybridized carbons (Fsp3) is 0.273. The van der Waals surface area contributed by atoms with Crippen LogP contribution in [-0.2, 0) is 4.74 Å². The number of para-hydroxylation sites is 1. The van der Waals surface area contributed by atoms with E-state index in [2.05, 4.69) is 10.6 Å². The van der Waals surface area contributed by atoms with Gasteiger partial charge in [-0.15, -0.1) is 0 Å². The van der Waals surface area contributed by atoms with E-state index in [1.807, 2.05) is 37.3 Å². The van der Waals surface area contributed by atoms with Gasteiger partial charge in [0.2, 0.25) is 0 Å². The Morgan fingerprint density at radius 3 is 2.50 bits per heavy atom. The van der Waals surface area contributed by atoms with Crippen molar-refractivity contribution < 1.29 is 18.7 Å². The largest absolute Gasteiger partial charge is 0.459 e. The predicted molar refractivity (Wildman–Crippen MR) is 108 cm³/mol. The van der Waals surface area contributed by atoms with Crippen LogP contribution in [0.3, 0.4) is 0 Å². The molecule has 3 rings (SSSR count). The van der Waals surface area contributed by atoms with E-state index in [-0.39, 0.29) is 11.9 Å². The Kier molecular flexibility index (Phi) is 5.40. The third kappa shape index (κ3) is 4.91. The van der Waals surface area contributed by atoms with Gasteiger partial charge < -0.3 is 14.5 Å². The molecule has 6 heteroatoms. The molecule has 6 nitrogen and oxygen atoms in total. The van der Waals surface area contributed by atoms with Gasteiger partial charge >= 0.3 is 6.09 Å². The molecule has 1 aromatic heterocycles. The van der Waals surface area contributed by atoms with Gasteiger partial charge in [-0.1, -0.05) is 24.3 Å². The highest BCUT2D eigenvalue weighted by molar-refractivity contribution is 5.96. The molecule has 0 bridgehead atoms. The first-order valence-corrected chi connectivity index (χ1v) is 9.11. The fourth-order valence-corrected chi connectivity index (χ4v) is 2.73. The molecule has 2 aromatic carbocycles. The van der Waals surface area contributed by atoms with Crippen molar-refractivity contribution in [3.63, 3.8) is 0 Å². The molecule has 0 saturated heterocycles. The Bertz CT molecular complexity index is 968. The summed E-state index contributed by atoms with van der Waals surface area (Å²) in [5, 5.41) is 6.54. The summed E-state index contributed by atoms with van der Waals surface area (Å²) >= 11 is 0. The second-order valence-electron chi connectivity index (χ2n) is 7.59. The molecule has 0 radical (unpaired) electrons. The minimum atomic E-state index is -0.596. The lowest BCUT2D eigenvalue weighted by Crippen LogP contribution is -2.28. The van der Waals surface area contributed by atoms with E-state index in [4.69, 9.17) is 9.15 Å². The molecule has 28 heavy (non-hydrogen) atoms. The normalized spacial score (nSPS) is 12.4. The number of ether oxygens (including phenoxy) is 1. The van der Waals surface area contributed by atoms with Gasteiger partial charge in [0.05, 0.1) is 6.04 Å². The van der Waals surface area contributed by atoms with E-state index < -0.39 is 11.7 Å². The lowest BCUT2D eigenvalue weighted by molar-refractivity contribution is 0.0635. The molecule has 0 aliphatic heterocycles. The van der Waals surface area contributed by atoms with Gasteiger partial charge in [-0.2, -0.15) is 0 Å². The molecule has 1 atom stereocenters. The first-order valence-electron chi connectivity index (χ1n) is 9.11. The summed E-state index contributed by atoms with van der Waals surface area (Å²) in [5.41, 5.74) is 1.10. The highest BCUT2D eigenvalue weighted by atomic mass is 16.6. The van der Waals surface area contributed by atoms with Crippen LogP contribution in [0.1, 0.15) is 49.9 Å². The van der Waals surface area contributed by atoms with Gasteiger partial charge in [0.15, 0.2) is 0 Å². The Morgan fingerprint density at radius 2 is 1.79 bits per heavy atom. The highest BCUT2D eigenvalue weighted by Crippen LogP contribution is 2.24. The Hall–Kier alpha value is -3.28. The van der Waals surface area contributed by atoms with Gasteiger partial charge in [-0.3, -0.25) is 10.1 Å². The monoisotopic (exact) mass is 380 g/mol. The number of benzene rings is 2. The van der Waals surface area contributed by atoms with E-state index in [0.717, 1.165) is 11.0 Å². The standard InChI is InChI=1S/C22H24N2O4/c1-14(19-13-15-8-5-6-11-18(15)27-19)23-20(25)16-9-7-10-17(12-16)24-21(26)28-22(2,3)4/h5-14H,1-4H3,(H,23,25)(H,24,26)/t14-/m1/s1. The second-order valence-corrected chi connectivity index (χ2v) is 7.59. The first-order chi connectivity index (χ1) is 13.2. The van der Waals surface area contributed by atoms with Crippen LogP contribution >= 0.6 is 0 Å². The summed E-state index contributed by atoms with van der Waals surface area (Å²) in [5.74, 6) is 0.415. The maximum absolute atomic E-state index is 12.6. The van der Waals surface area contributed by atoms with E-state index in [0.29, 0.717) is 17.0 Å². The van der Waals surface area contributed by atoms with Gasteiger partial charge in [0.25, 0.3) is 5.91 Å². The van der Waals surface area contributed by atoms with Gasteiger partial charge in [0, 0.05) is 16.6 Å². The van der Waals surface area contributed by atoms with Crippen LogP contribution in [0, 0.1) is 0 Å². The Balaban J connectivity index is 1.67. The maximum atomic E-state index is 12.6. The van der Waals surface area contributed by atoms with Crippen LogP contribution in [0.2, 0.25) is 0 Å². The van der Waals surface area contributed by atoms with E-state index in [1.165, 1.54) is 0 Å². The minimum Gasteiger partial charge on any atom is -0.459 e. The molecule has 1 heterocycles. The molecule has 0 spiro atoms. The van der Waals surface area contributed by atoms with Gasteiger partial charge in [0.1, 0.15) is 16.9 Å². The van der Waals surface area contributed by atoms with Crippen LogP contribution in [0.5, 0.6) is 0 Å². The topological polar surface area (TPSA) is 80.6 Å². The third-order valence-corrected chi connectivity index (χ3v) is 3.99. The zero-order valence-electron chi connectivity index (χ0n) is 16.4. The van der Waals surface area contributed by atoms with Gasteiger partial charge in [-0.25, -0.2) is 4.79 Å². The van der Waals surface area contributed by atoms with Crippen molar-refractivity contribution in [1.82, 2.24) is 5.32 Å². The minimum absolute atomic E-state index is 0.263. The van der Waals surface area contributed by atoms with Crippen LogP contribution < -0.4 is 10.6 Å². The molecule has 0 aliphatic rings. The van der Waals surface area contributed by atoms with Crippen LogP contribution in [0.25, 0.3) is 11.0 Å². The fourth-order valence-electron chi connectivity index (χ4n) is 2.73. The Morgan fingerprint density at radius 1 is 1.04 bits per heavy atom. The number of hydrogen-bond donors (Lipinski definition) is 2. The Labute approximate surface area is 163 Å². The number of furan rings is 1. The average molecular weight is 380 g/mol. The second kappa shape index (κ2) is 7.76. The number of amides is 2. The molecule has 0 saturated carbocycles. The molecular weight excluding hydrogens is 356 g/mol. The number of hydrogen-bond acceptors (Lipinski definition) is 4. The van der Waals surface area contributed by atoms with Gasteiger partial charge in [-0.05, 0) is 58.0 Å². The summed E-state index contributed by atoms with van der Waals surface area (Å²) in [6.07, 6.45) is -0.569. The van der Waals surface area contributed by atoms with Crippen molar-refractivity contribution in [2.45, 2.75) is 39.3 Å². The van der Waals surface area contributed by atoms with Crippen molar-refractivity contribution in [1.29, 1.82) is 0 Å². The summed E-state index contributed by atoms with van der Waals surface area (Å²) < 4.78 is 11.0. The van der Waals surface area contributed by atoms with Crippen molar-refractivity contribution in [2.24, 2.45) is 0 Å². The predicted octanol–water partition coefficient (Wildman–Crippen LogP) is 5.27. The van der Waals surface area contributed by atoms with Crippen LogP contribution in [0.4, 0.5) is 10.5 Å². The third-order valence-electron chi connectivity index (χ3n) is 3.99. The number of rotatable bonds is 4. The number of carbonyl (C=O) groups excluding carboxylic acids is 2. The summed E-state index contributed by atoms with van der Waals surface area (Å²) in [4.78, 5) is 24.5. The zero-order chi connectivity index (χ0) is 20.3. The molecule has 0 aliphatic carbocycles. The zero-order valence-corrected chi connectivity index (χ0v) is 16.4. The van der Waals surface area contributed by atoms with Crippen LogP contribution in [0.15, 0.2) is 59.0 Å². The first kappa shape index (κ1) is 19.5. The molecular formula is C22H24N2O4. The number of nitrogens with one attached hydrogen (secondary N) is 2. The summed E-state index contributed by atoms with van der Waals surface area (Å²) in [7, 11) is 0. The highest BCUT2D eigenvalue weighted by Gasteiger charge is 2.18. The van der Waals surface area contributed by atoms with Crippen LogP contribution in [-0.4, -0.2) is 17.6 Å². The van der Waals surface area contributed by atoms with E-state index >= 15 is 0 Å². The molecule has 2 amide bonds. The number of fused-ring (bicyclic) bond motifs is 1. The van der Waals surface area contributed by atoms with Crippen molar-refractivity contribution in [3.8, 4) is 0 Å².